The van der Waals surface area contributed by atoms with Crippen molar-refractivity contribution in [3.63, 3.8) is 0 Å². The Balaban J connectivity index is 1.89. The molecular formula is C17H22N4O2. The molecule has 1 aliphatic heterocycles. The molecule has 0 unspecified atom stereocenters. The van der Waals surface area contributed by atoms with E-state index in [9.17, 15) is 4.79 Å². The highest BCUT2D eigenvalue weighted by atomic mass is 16.5. The van der Waals surface area contributed by atoms with Gasteiger partial charge in [-0.3, -0.25) is 9.48 Å². The number of amides is 1. The van der Waals surface area contributed by atoms with E-state index in [1.807, 2.05) is 49.0 Å². The Labute approximate surface area is 136 Å². The van der Waals surface area contributed by atoms with Crippen molar-refractivity contribution in [3.05, 3.63) is 41.2 Å². The molecule has 0 N–H and O–H groups in total. The molecule has 0 atom stereocenters. The third-order valence-corrected chi connectivity index (χ3v) is 4.05. The second-order valence-corrected chi connectivity index (χ2v) is 6.06. The van der Waals surface area contributed by atoms with Gasteiger partial charge in [-0.2, -0.15) is 5.10 Å². The minimum Gasteiger partial charge on any atom is -0.491 e. The van der Waals surface area contributed by atoms with Gasteiger partial charge in [0.25, 0.3) is 5.91 Å². The largest absolute Gasteiger partial charge is 0.491 e. The van der Waals surface area contributed by atoms with Crippen LogP contribution in [0.5, 0.6) is 5.75 Å². The number of benzene rings is 1. The molecule has 0 bridgehead atoms. The summed E-state index contributed by atoms with van der Waals surface area (Å²) in [6.07, 6.45) is 0. The summed E-state index contributed by atoms with van der Waals surface area (Å²) in [7, 11) is 5.80. The van der Waals surface area contributed by atoms with Crippen LogP contribution in [-0.4, -0.2) is 47.8 Å². The van der Waals surface area contributed by atoms with Crippen molar-refractivity contribution in [2.75, 3.05) is 32.1 Å². The quantitative estimate of drug-likeness (QED) is 0.848. The number of rotatable bonds is 2. The van der Waals surface area contributed by atoms with Crippen LogP contribution < -0.4 is 9.64 Å². The zero-order chi connectivity index (χ0) is 16.6. The van der Waals surface area contributed by atoms with Gasteiger partial charge in [0.15, 0.2) is 0 Å². The Hall–Kier alpha value is -2.50. The van der Waals surface area contributed by atoms with Crippen molar-refractivity contribution in [1.29, 1.82) is 0 Å². The Morgan fingerprint density at radius 1 is 1.30 bits per heavy atom. The molecule has 6 heteroatoms. The van der Waals surface area contributed by atoms with E-state index >= 15 is 0 Å². The number of anilines is 1. The maximum Gasteiger partial charge on any atom is 0.272 e. The highest BCUT2D eigenvalue weighted by Gasteiger charge is 2.23. The van der Waals surface area contributed by atoms with Crippen LogP contribution in [0.2, 0.25) is 0 Å². The van der Waals surface area contributed by atoms with Gasteiger partial charge in [-0.15, -0.1) is 0 Å². The number of aromatic nitrogens is 2. The van der Waals surface area contributed by atoms with E-state index in [1.54, 1.807) is 11.7 Å². The van der Waals surface area contributed by atoms with Crippen molar-refractivity contribution in [2.24, 2.45) is 7.05 Å². The number of ether oxygens (including phenoxy) is 1. The summed E-state index contributed by atoms with van der Waals surface area (Å²) in [5.41, 5.74) is 3.57. The molecule has 2 aromatic rings. The van der Waals surface area contributed by atoms with Gasteiger partial charge in [0, 0.05) is 38.9 Å². The van der Waals surface area contributed by atoms with E-state index in [0.717, 1.165) is 22.7 Å². The normalized spacial score (nSPS) is 14.0. The number of hydrogen-bond acceptors (Lipinski definition) is 4. The summed E-state index contributed by atoms with van der Waals surface area (Å²) in [5, 5.41) is 4.26. The fourth-order valence-corrected chi connectivity index (χ4v) is 2.80. The highest BCUT2D eigenvalue weighted by molar-refractivity contribution is 5.92. The lowest BCUT2D eigenvalue weighted by atomic mass is 10.1. The average Bonchev–Trinajstić information content (AvgIpc) is 2.73. The summed E-state index contributed by atoms with van der Waals surface area (Å²) in [6.45, 7) is 3.49. The third-order valence-electron chi connectivity index (χ3n) is 4.05. The minimum atomic E-state index is -0.0141. The molecule has 1 aromatic carbocycles. The molecule has 23 heavy (non-hydrogen) atoms. The maximum absolute atomic E-state index is 12.8. The Morgan fingerprint density at radius 2 is 2.09 bits per heavy atom. The van der Waals surface area contributed by atoms with Gasteiger partial charge < -0.3 is 14.5 Å². The smallest absolute Gasteiger partial charge is 0.272 e. The fraction of sp³-hybridized carbons (Fsp3) is 0.412. The molecular weight excluding hydrogens is 292 g/mol. The molecule has 1 aromatic heterocycles. The summed E-state index contributed by atoms with van der Waals surface area (Å²) >= 11 is 0. The maximum atomic E-state index is 12.8. The lowest BCUT2D eigenvalue weighted by Gasteiger charge is -2.20. The first-order valence-electron chi connectivity index (χ1n) is 7.68. The molecule has 0 fully saturated rings. The molecule has 0 saturated heterocycles. The zero-order valence-corrected chi connectivity index (χ0v) is 14.0. The van der Waals surface area contributed by atoms with Gasteiger partial charge in [-0.25, -0.2) is 0 Å². The Morgan fingerprint density at radius 3 is 2.74 bits per heavy atom. The molecule has 122 valence electrons. The summed E-state index contributed by atoms with van der Waals surface area (Å²) in [6, 6.07) is 7.91. The van der Waals surface area contributed by atoms with Crippen LogP contribution in [0, 0.1) is 6.92 Å². The Bertz CT molecular complexity index is 736. The predicted molar refractivity (Wildman–Crippen MR) is 88.9 cm³/mol. The van der Waals surface area contributed by atoms with Crippen molar-refractivity contribution in [3.8, 4) is 5.75 Å². The van der Waals surface area contributed by atoms with Gasteiger partial charge in [0.1, 0.15) is 18.1 Å². The van der Waals surface area contributed by atoms with Gasteiger partial charge in [-0.05, 0) is 31.2 Å². The van der Waals surface area contributed by atoms with Crippen LogP contribution in [0.25, 0.3) is 0 Å². The number of hydrogen-bond donors (Lipinski definition) is 0. The van der Waals surface area contributed by atoms with Crippen LogP contribution in [0.3, 0.4) is 0 Å². The van der Waals surface area contributed by atoms with Crippen LogP contribution in [-0.2, 0) is 13.6 Å². The SMILES string of the molecule is Cc1cc(C(=O)N2CCOc3ccc(N(C)C)cc3C2)n(C)n1. The number of carbonyl (C=O) groups excluding carboxylic acids is 1. The molecule has 0 radical (unpaired) electrons. The first kappa shape index (κ1) is 15.4. The third kappa shape index (κ3) is 3.02. The van der Waals surface area contributed by atoms with Crippen molar-refractivity contribution < 1.29 is 9.53 Å². The highest BCUT2D eigenvalue weighted by Crippen LogP contribution is 2.28. The monoisotopic (exact) mass is 314 g/mol. The van der Waals surface area contributed by atoms with Crippen molar-refractivity contribution in [2.45, 2.75) is 13.5 Å². The Kier molecular flexibility index (Phi) is 3.98. The molecule has 0 spiro atoms. The van der Waals surface area contributed by atoms with Crippen LogP contribution >= 0.6 is 0 Å². The van der Waals surface area contributed by atoms with Crippen LogP contribution in [0.15, 0.2) is 24.3 Å². The molecule has 1 aliphatic rings. The van der Waals surface area contributed by atoms with Crippen molar-refractivity contribution in [1.82, 2.24) is 14.7 Å². The summed E-state index contributed by atoms with van der Waals surface area (Å²) in [4.78, 5) is 16.7. The van der Waals surface area contributed by atoms with E-state index < -0.39 is 0 Å². The predicted octanol–water partition coefficient (Wildman–Crippen LogP) is 1.83. The lowest BCUT2D eigenvalue weighted by Crippen LogP contribution is -2.33. The average molecular weight is 314 g/mol. The number of aryl methyl sites for hydroxylation is 2. The molecule has 0 aliphatic carbocycles. The molecule has 3 rings (SSSR count). The number of carbonyl (C=O) groups is 1. The number of nitrogens with zero attached hydrogens (tertiary/aromatic N) is 4. The van der Waals surface area contributed by atoms with E-state index in [2.05, 4.69) is 11.2 Å². The standard InChI is InChI=1S/C17H22N4O2/c1-12-9-15(20(4)18-12)17(22)21-7-8-23-16-6-5-14(19(2)3)10-13(16)11-21/h5-6,9-10H,7-8,11H2,1-4H3. The first-order valence-corrected chi connectivity index (χ1v) is 7.68. The van der Waals surface area contributed by atoms with Gasteiger partial charge in [-0.1, -0.05) is 0 Å². The molecule has 2 heterocycles. The van der Waals surface area contributed by atoms with Crippen LogP contribution in [0.4, 0.5) is 5.69 Å². The van der Waals surface area contributed by atoms with Gasteiger partial charge in [0.2, 0.25) is 0 Å². The fourth-order valence-electron chi connectivity index (χ4n) is 2.80. The van der Waals surface area contributed by atoms with E-state index in [0.29, 0.717) is 25.4 Å². The lowest BCUT2D eigenvalue weighted by molar-refractivity contribution is 0.0722. The van der Waals surface area contributed by atoms with Crippen LogP contribution in [0.1, 0.15) is 21.7 Å². The zero-order valence-electron chi connectivity index (χ0n) is 14.0. The second kappa shape index (κ2) is 5.95. The van der Waals surface area contributed by atoms with E-state index in [-0.39, 0.29) is 5.91 Å². The molecule has 1 amide bonds. The van der Waals surface area contributed by atoms with E-state index in [1.165, 1.54) is 0 Å². The van der Waals surface area contributed by atoms with E-state index in [4.69, 9.17) is 4.74 Å². The summed E-state index contributed by atoms with van der Waals surface area (Å²) in [5.74, 6) is 0.840. The summed E-state index contributed by atoms with van der Waals surface area (Å²) < 4.78 is 7.44. The molecule has 6 nitrogen and oxygen atoms in total. The first-order chi connectivity index (χ1) is 11.0. The van der Waals surface area contributed by atoms with Crippen molar-refractivity contribution >= 4 is 11.6 Å². The topological polar surface area (TPSA) is 50.6 Å². The van der Waals surface area contributed by atoms with Gasteiger partial charge >= 0.3 is 0 Å². The van der Waals surface area contributed by atoms with Gasteiger partial charge in [0.05, 0.1) is 12.2 Å². The number of fused-ring (bicyclic) bond motifs is 1. The molecule has 0 saturated carbocycles. The minimum absolute atomic E-state index is 0.0141. The second-order valence-electron chi connectivity index (χ2n) is 6.06.